The Balaban J connectivity index is 2.23. The quantitative estimate of drug-likeness (QED) is 0.519. The summed E-state index contributed by atoms with van der Waals surface area (Å²) in [6, 6.07) is 14.0. The van der Waals surface area contributed by atoms with E-state index >= 15 is 0 Å². The largest absolute Gasteiger partial charge is 0.490 e. The molecule has 1 amide bonds. The van der Waals surface area contributed by atoms with Crippen LogP contribution in [-0.2, 0) is 4.79 Å². The van der Waals surface area contributed by atoms with Crippen LogP contribution in [0.25, 0.3) is 6.08 Å². The van der Waals surface area contributed by atoms with Gasteiger partial charge in [-0.1, -0.05) is 55.2 Å². The summed E-state index contributed by atoms with van der Waals surface area (Å²) in [6.45, 7) is 4.52. The molecule has 26 heavy (non-hydrogen) atoms. The number of rotatable bonds is 6. The monoisotopic (exact) mass is 388 g/mol. The Morgan fingerprint density at radius 1 is 1.23 bits per heavy atom. The van der Waals surface area contributed by atoms with E-state index in [9.17, 15) is 10.1 Å². The van der Waals surface area contributed by atoms with Crippen molar-refractivity contribution in [1.82, 2.24) is 0 Å². The van der Waals surface area contributed by atoms with E-state index in [1.165, 1.54) is 6.08 Å². The molecule has 0 aliphatic carbocycles. The number of nitriles is 1. The number of carbonyl (C=O) groups excluding carboxylic acids is 1. The van der Waals surface area contributed by atoms with E-state index in [-0.39, 0.29) is 5.57 Å². The molecule has 0 heterocycles. The molecule has 0 saturated carbocycles. The Bertz CT molecular complexity index is 833. The van der Waals surface area contributed by atoms with Gasteiger partial charge in [0.05, 0.1) is 16.7 Å². The zero-order valence-electron chi connectivity index (χ0n) is 14.4. The fourth-order valence-electron chi connectivity index (χ4n) is 2.09. The molecule has 0 fully saturated rings. The third-order valence-electron chi connectivity index (χ3n) is 3.29. The Morgan fingerprint density at radius 3 is 2.38 bits per heavy atom. The Morgan fingerprint density at radius 2 is 1.85 bits per heavy atom. The van der Waals surface area contributed by atoms with E-state index in [1.54, 1.807) is 36.4 Å². The first-order valence-corrected chi connectivity index (χ1v) is 8.76. The number of amides is 1. The summed E-state index contributed by atoms with van der Waals surface area (Å²) in [5, 5.41) is 12.6. The number of carbonyl (C=O) groups is 1. The minimum Gasteiger partial charge on any atom is -0.490 e. The summed E-state index contributed by atoms with van der Waals surface area (Å²) in [4.78, 5) is 12.3. The van der Waals surface area contributed by atoms with Crippen LogP contribution in [-0.4, -0.2) is 12.5 Å². The van der Waals surface area contributed by atoms with Crippen LogP contribution in [0.4, 0.5) is 5.69 Å². The van der Waals surface area contributed by atoms with Crippen molar-refractivity contribution < 1.29 is 9.53 Å². The zero-order chi connectivity index (χ0) is 19.1. The summed E-state index contributed by atoms with van der Waals surface area (Å²) >= 11 is 12.5. The van der Waals surface area contributed by atoms with Crippen LogP contribution in [0, 0.1) is 17.2 Å². The Kier molecular flexibility index (Phi) is 7.08. The van der Waals surface area contributed by atoms with Gasteiger partial charge in [0.1, 0.15) is 11.6 Å². The van der Waals surface area contributed by atoms with Gasteiger partial charge in [0, 0.05) is 5.69 Å². The molecule has 0 bridgehead atoms. The van der Waals surface area contributed by atoms with Gasteiger partial charge in [0.25, 0.3) is 5.91 Å². The molecule has 0 unspecified atom stereocenters. The van der Waals surface area contributed by atoms with E-state index < -0.39 is 5.91 Å². The first-order valence-electron chi connectivity index (χ1n) is 8.00. The Hall–Kier alpha value is -2.48. The summed E-state index contributed by atoms with van der Waals surface area (Å²) in [5.74, 6) is 0.214. The number of nitrogens with zero attached hydrogens (tertiary/aromatic N) is 1. The van der Waals surface area contributed by atoms with Crippen LogP contribution in [0.1, 0.15) is 19.4 Å². The molecular weight excluding hydrogens is 371 g/mol. The normalized spacial score (nSPS) is 11.2. The van der Waals surface area contributed by atoms with E-state index in [2.05, 4.69) is 5.32 Å². The molecule has 4 nitrogen and oxygen atoms in total. The second kappa shape index (κ2) is 9.28. The SMILES string of the molecule is CC(C)COc1c(Cl)cc(/C=C(\C#N)C(=O)Nc2ccccc2)cc1Cl. The maximum absolute atomic E-state index is 12.3. The lowest BCUT2D eigenvalue weighted by Crippen LogP contribution is -2.13. The molecule has 0 radical (unpaired) electrons. The second-order valence-corrected chi connectivity index (χ2v) is 6.82. The van der Waals surface area contributed by atoms with Crippen LogP contribution in [0.5, 0.6) is 5.75 Å². The molecule has 2 rings (SSSR count). The van der Waals surface area contributed by atoms with Gasteiger partial charge in [-0.2, -0.15) is 5.26 Å². The first-order chi connectivity index (χ1) is 12.4. The van der Waals surface area contributed by atoms with Gasteiger partial charge >= 0.3 is 0 Å². The summed E-state index contributed by atoms with van der Waals surface area (Å²) in [7, 11) is 0. The highest BCUT2D eigenvalue weighted by atomic mass is 35.5. The second-order valence-electron chi connectivity index (χ2n) is 6.01. The highest BCUT2D eigenvalue weighted by molar-refractivity contribution is 6.37. The highest BCUT2D eigenvalue weighted by Crippen LogP contribution is 2.35. The standard InChI is InChI=1S/C20H18Cl2N2O2/c1-13(2)12-26-19-17(21)9-14(10-18(19)22)8-15(11-23)20(25)24-16-6-4-3-5-7-16/h3-10,13H,12H2,1-2H3,(H,24,25)/b15-8+. The third kappa shape index (κ3) is 5.52. The maximum Gasteiger partial charge on any atom is 0.266 e. The predicted octanol–water partition coefficient (Wildman–Crippen LogP) is 5.57. The molecular formula is C20H18Cl2N2O2. The lowest BCUT2D eigenvalue weighted by molar-refractivity contribution is -0.112. The summed E-state index contributed by atoms with van der Waals surface area (Å²) in [5.41, 5.74) is 1.08. The molecule has 2 aromatic rings. The minimum atomic E-state index is -0.508. The van der Waals surface area contributed by atoms with Crippen LogP contribution >= 0.6 is 23.2 Å². The van der Waals surface area contributed by atoms with Crippen molar-refractivity contribution in [2.75, 3.05) is 11.9 Å². The lowest BCUT2D eigenvalue weighted by Gasteiger charge is -2.12. The molecule has 0 saturated heterocycles. The van der Waals surface area contributed by atoms with E-state index in [0.717, 1.165) is 0 Å². The average Bonchev–Trinajstić information content (AvgIpc) is 2.59. The van der Waals surface area contributed by atoms with Crippen LogP contribution in [0.3, 0.4) is 0 Å². The van der Waals surface area contributed by atoms with E-state index in [0.29, 0.717) is 39.6 Å². The fourth-order valence-corrected chi connectivity index (χ4v) is 2.70. The number of ether oxygens (including phenoxy) is 1. The van der Waals surface area contributed by atoms with Gasteiger partial charge in [-0.25, -0.2) is 0 Å². The van der Waals surface area contributed by atoms with Crippen molar-refractivity contribution in [3.05, 3.63) is 63.6 Å². The molecule has 134 valence electrons. The van der Waals surface area contributed by atoms with Crippen LogP contribution in [0.15, 0.2) is 48.0 Å². The molecule has 0 aromatic heterocycles. The number of halogens is 2. The predicted molar refractivity (Wildman–Crippen MR) is 105 cm³/mol. The van der Waals surface area contributed by atoms with Gasteiger partial charge in [-0.15, -0.1) is 0 Å². The summed E-state index contributed by atoms with van der Waals surface area (Å²) < 4.78 is 5.61. The van der Waals surface area contributed by atoms with Crippen molar-refractivity contribution in [2.24, 2.45) is 5.92 Å². The average molecular weight is 389 g/mol. The number of hydrogen-bond acceptors (Lipinski definition) is 3. The topological polar surface area (TPSA) is 62.1 Å². The van der Waals surface area contributed by atoms with E-state index in [1.807, 2.05) is 26.0 Å². The number of benzene rings is 2. The van der Waals surface area contributed by atoms with Crippen LogP contribution < -0.4 is 10.1 Å². The Labute approximate surface area is 163 Å². The number of anilines is 1. The van der Waals surface area contributed by atoms with E-state index in [4.69, 9.17) is 27.9 Å². The molecule has 1 N–H and O–H groups in total. The van der Waals surface area contributed by atoms with Crippen molar-refractivity contribution in [1.29, 1.82) is 5.26 Å². The van der Waals surface area contributed by atoms with Crippen molar-refractivity contribution in [3.8, 4) is 11.8 Å². The molecule has 0 spiro atoms. The minimum absolute atomic E-state index is 0.0585. The molecule has 6 heteroatoms. The maximum atomic E-state index is 12.3. The van der Waals surface area contributed by atoms with Gasteiger partial charge in [0.2, 0.25) is 0 Å². The van der Waals surface area contributed by atoms with Gasteiger partial charge in [-0.05, 0) is 41.8 Å². The fraction of sp³-hybridized carbons (Fsp3) is 0.200. The number of para-hydroxylation sites is 1. The molecule has 0 aliphatic heterocycles. The molecule has 2 aromatic carbocycles. The third-order valence-corrected chi connectivity index (χ3v) is 3.85. The number of hydrogen-bond donors (Lipinski definition) is 1. The zero-order valence-corrected chi connectivity index (χ0v) is 15.9. The van der Waals surface area contributed by atoms with Crippen LogP contribution in [0.2, 0.25) is 10.0 Å². The van der Waals surface area contributed by atoms with Crippen molar-refractivity contribution in [2.45, 2.75) is 13.8 Å². The lowest BCUT2D eigenvalue weighted by atomic mass is 10.1. The van der Waals surface area contributed by atoms with Gasteiger partial charge < -0.3 is 10.1 Å². The van der Waals surface area contributed by atoms with Crippen molar-refractivity contribution in [3.63, 3.8) is 0 Å². The summed E-state index contributed by atoms with van der Waals surface area (Å²) in [6.07, 6.45) is 1.43. The molecule has 0 atom stereocenters. The highest BCUT2D eigenvalue weighted by Gasteiger charge is 2.13. The van der Waals surface area contributed by atoms with Crippen molar-refractivity contribution >= 4 is 40.9 Å². The van der Waals surface area contributed by atoms with Gasteiger partial charge in [0.15, 0.2) is 5.75 Å². The smallest absolute Gasteiger partial charge is 0.266 e. The number of nitrogens with one attached hydrogen (secondary N) is 1. The molecule has 0 aliphatic rings. The van der Waals surface area contributed by atoms with Gasteiger partial charge in [-0.3, -0.25) is 4.79 Å². The first kappa shape index (κ1) is 19.8.